The number of likely N-dealkylation sites (N-methyl/N-ethyl adjacent to an activating group) is 1. The molecule has 2 saturated heterocycles. The van der Waals surface area contributed by atoms with Gasteiger partial charge in [-0.15, -0.1) is 0 Å². The predicted octanol–water partition coefficient (Wildman–Crippen LogP) is 1.19. The quantitative estimate of drug-likeness (QED) is 0.820. The van der Waals surface area contributed by atoms with Gasteiger partial charge in [-0.2, -0.15) is 0 Å². The van der Waals surface area contributed by atoms with Crippen LogP contribution in [0.15, 0.2) is 18.5 Å². The Labute approximate surface area is 125 Å². The smallest absolute Gasteiger partial charge is 0.254 e. The van der Waals surface area contributed by atoms with Gasteiger partial charge in [0, 0.05) is 37.6 Å². The molecular weight excluding hydrogens is 266 g/mol. The third-order valence-electron chi connectivity index (χ3n) is 4.66. The molecule has 2 aliphatic heterocycles. The van der Waals surface area contributed by atoms with Gasteiger partial charge in [0.1, 0.15) is 0 Å². The minimum absolute atomic E-state index is 0.131. The number of aromatic nitrogens is 1. The molecule has 0 radical (unpaired) electrons. The van der Waals surface area contributed by atoms with Crippen LogP contribution in [-0.2, 0) is 11.2 Å². The van der Waals surface area contributed by atoms with E-state index in [2.05, 4.69) is 23.9 Å². The third kappa shape index (κ3) is 2.80. The summed E-state index contributed by atoms with van der Waals surface area (Å²) in [6.45, 7) is 5.34. The number of hydrogen-bond donors (Lipinski definition) is 0. The van der Waals surface area contributed by atoms with Gasteiger partial charge in [-0.1, -0.05) is 6.92 Å². The molecular formula is C16H23N3O2. The minimum Gasteiger partial charge on any atom is -0.375 e. The van der Waals surface area contributed by atoms with Crippen LogP contribution in [0.25, 0.3) is 0 Å². The van der Waals surface area contributed by atoms with Crippen LogP contribution >= 0.6 is 0 Å². The first-order valence-corrected chi connectivity index (χ1v) is 7.74. The second-order valence-corrected chi connectivity index (χ2v) is 5.88. The van der Waals surface area contributed by atoms with Crippen molar-refractivity contribution in [3.05, 3.63) is 29.6 Å². The Kier molecular flexibility index (Phi) is 4.22. The zero-order valence-electron chi connectivity index (χ0n) is 12.8. The van der Waals surface area contributed by atoms with E-state index in [1.165, 1.54) is 0 Å². The Morgan fingerprint density at radius 2 is 2.33 bits per heavy atom. The highest BCUT2D eigenvalue weighted by Gasteiger charge is 2.37. The Hall–Kier alpha value is -1.46. The second kappa shape index (κ2) is 6.12. The number of nitrogens with zero attached hydrogens (tertiary/aromatic N) is 3. The summed E-state index contributed by atoms with van der Waals surface area (Å²) in [5.74, 6) is 0.131. The molecule has 2 atom stereocenters. The Bertz CT molecular complexity index is 520. The maximum atomic E-state index is 12.8. The zero-order chi connectivity index (χ0) is 14.8. The van der Waals surface area contributed by atoms with E-state index in [9.17, 15) is 4.79 Å². The fourth-order valence-corrected chi connectivity index (χ4v) is 3.31. The monoisotopic (exact) mass is 289 g/mol. The molecule has 2 aliphatic rings. The lowest BCUT2D eigenvalue weighted by Gasteiger charge is -2.45. The molecule has 1 aromatic heterocycles. The number of aryl methyl sites for hydroxylation is 1. The first-order valence-electron chi connectivity index (χ1n) is 7.74. The number of rotatable bonds is 2. The molecule has 1 aromatic rings. The summed E-state index contributed by atoms with van der Waals surface area (Å²) in [4.78, 5) is 21.2. The normalized spacial score (nSPS) is 26.5. The van der Waals surface area contributed by atoms with E-state index in [-0.39, 0.29) is 12.0 Å². The van der Waals surface area contributed by atoms with Crippen molar-refractivity contribution in [2.75, 3.05) is 33.3 Å². The van der Waals surface area contributed by atoms with Crippen LogP contribution in [0.3, 0.4) is 0 Å². The summed E-state index contributed by atoms with van der Waals surface area (Å²) < 4.78 is 5.84. The number of ether oxygens (including phenoxy) is 1. The van der Waals surface area contributed by atoms with Gasteiger partial charge < -0.3 is 9.64 Å². The molecule has 3 rings (SSSR count). The average Bonchev–Trinajstić information content (AvgIpc) is 2.54. The molecule has 0 bridgehead atoms. The SMILES string of the molecule is CCc1cnccc1C(=O)N1CC[C@H]2OCCN(C)[C@H]2C1. The predicted molar refractivity (Wildman–Crippen MR) is 80.3 cm³/mol. The third-order valence-corrected chi connectivity index (χ3v) is 4.66. The number of carbonyl (C=O) groups is 1. The van der Waals surface area contributed by atoms with Crippen molar-refractivity contribution in [3.63, 3.8) is 0 Å². The van der Waals surface area contributed by atoms with E-state index < -0.39 is 0 Å². The first-order chi connectivity index (χ1) is 10.2. The minimum atomic E-state index is 0.131. The highest BCUT2D eigenvalue weighted by molar-refractivity contribution is 5.95. The van der Waals surface area contributed by atoms with Gasteiger partial charge in [-0.3, -0.25) is 14.7 Å². The average molecular weight is 289 g/mol. The van der Waals surface area contributed by atoms with Gasteiger partial charge in [0.25, 0.3) is 5.91 Å². The highest BCUT2D eigenvalue weighted by atomic mass is 16.5. The van der Waals surface area contributed by atoms with Crippen LogP contribution < -0.4 is 0 Å². The topological polar surface area (TPSA) is 45.7 Å². The van der Waals surface area contributed by atoms with Gasteiger partial charge in [0.05, 0.1) is 18.8 Å². The fraction of sp³-hybridized carbons (Fsp3) is 0.625. The number of carbonyl (C=O) groups excluding carboxylic acids is 1. The van der Waals surface area contributed by atoms with Crippen molar-refractivity contribution in [2.45, 2.75) is 31.9 Å². The van der Waals surface area contributed by atoms with Crippen LogP contribution in [-0.4, -0.2) is 66.1 Å². The number of fused-ring (bicyclic) bond motifs is 1. The van der Waals surface area contributed by atoms with Crippen LogP contribution in [0.1, 0.15) is 29.3 Å². The van der Waals surface area contributed by atoms with Gasteiger partial charge in [0.2, 0.25) is 0 Å². The molecule has 21 heavy (non-hydrogen) atoms. The number of likely N-dealkylation sites (tertiary alicyclic amines) is 1. The van der Waals surface area contributed by atoms with Crippen LogP contribution in [0, 0.1) is 0 Å². The molecule has 0 unspecified atom stereocenters. The number of hydrogen-bond acceptors (Lipinski definition) is 4. The Morgan fingerprint density at radius 1 is 1.48 bits per heavy atom. The summed E-state index contributed by atoms with van der Waals surface area (Å²) in [5.41, 5.74) is 1.82. The number of piperidine rings is 1. The van der Waals surface area contributed by atoms with E-state index in [1.807, 2.05) is 11.0 Å². The summed E-state index contributed by atoms with van der Waals surface area (Å²) in [7, 11) is 2.12. The van der Waals surface area contributed by atoms with Crippen molar-refractivity contribution in [3.8, 4) is 0 Å². The van der Waals surface area contributed by atoms with Crippen molar-refractivity contribution in [1.82, 2.24) is 14.8 Å². The molecule has 3 heterocycles. The van der Waals surface area contributed by atoms with Crippen molar-refractivity contribution < 1.29 is 9.53 Å². The van der Waals surface area contributed by atoms with Crippen molar-refractivity contribution in [2.24, 2.45) is 0 Å². The molecule has 5 heteroatoms. The van der Waals surface area contributed by atoms with Crippen molar-refractivity contribution >= 4 is 5.91 Å². The van der Waals surface area contributed by atoms with E-state index in [0.717, 1.165) is 50.2 Å². The molecule has 2 fully saturated rings. The largest absolute Gasteiger partial charge is 0.375 e. The number of morpholine rings is 1. The Morgan fingerprint density at radius 3 is 3.14 bits per heavy atom. The highest BCUT2D eigenvalue weighted by Crippen LogP contribution is 2.23. The molecule has 0 spiro atoms. The van der Waals surface area contributed by atoms with E-state index in [0.29, 0.717) is 6.04 Å². The zero-order valence-corrected chi connectivity index (χ0v) is 12.8. The fourth-order valence-electron chi connectivity index (χ4n) is 3.31. The van der Waals surface area contributed by atoms with Gasteiger partial charge >= 0.3 is 0 Å². The van der Waals surface area contributed by atoms with E-state index in [4.69, 9.17) is 4.74 Å². The van der Waals surface area contributed by atoms with Crippen molar-refractivity contribution in [1.29, 1.82) is 0 Å². The summed E-state index contributed by atoms with van der Waals surface area (Å²) in [6, 6.07) is 2.16. The molecule has 0 aliphatic carbocycles. The lowest BCUT2D eigenvalue weighted by Crippen LogP contribution is -2.59. The molecule has 0 aromatic carbocycles. The molecule has 1 amide bonds. The molecule has 114 valence electrons. The maximum Gasteiger partial charge on any atom is 0.254 e. The van der Waals surface area contributed by atoms with Gasteiger partial charge in [0.15, 0.2) is 0 Å². The van der Waals surface area contributed by atoms with E-state index >= 15 is 0 Å². The van der Waals surface area contributed by atoms with E-state index in [1.54, 1.807) is 12.4 Å². The number of pyridine rings is 1. The number of amides is 1. The standard InChI is InChI=1S/C16H23N3O2/c1-3-12-10-17-6-4-13(12)16(20)19-7-5-15-14(11-19)18(2)8-9-21-15/h4,6,10,14-15H,3,5,7-9,11H2,1-2H3/t14-,15+/m0/s1. The van der Waals surface area contributed by atoms with Crippen LogP contribution in [0.2, 0.25) is 0 Å². The molecule has 5 nitrogen and oxygen atoms in total. The molecule has 0 N–H and O–H groups in total. The lowest BCUT2D eigenvalue weighted by molar-refractivity contribution is -0.0893. The van der Waals surface area contributed by atoms with Crippen LogP contribution in [0.5, 0.6) is 0 Å². The first kappa shape index (κ1) is 14.5. The summed E-state index contributed by atoms with van der Waals surface area (Å²) in [5, 5.41) is 0. The summed E-state index contributed by atoms with van der Waals surface area (Å²) >= 11 is 0. The Balaban J connectivity index is 1.76. The maximum absolute atomic E-state index is 12.8. The van der Waals surface area contributed by atoms with Gasteiger partial charge in [-0.25, -0.2) is 0 Å². The lowest BCUT2D eigenvalue weighted by atomic mass is 9.97. The molecule has 0 saturated carbocycles. The second-order valence-electron chi connectivity index (χ2n) is 5.88. The van der Waals surface area contributed by atoms with Crippen LogP contribution in [0.4, 0.5) is 0 Å². The van der Waals surface area contributed by atoms with Gasteiger partial charge in [-0.05, 0) is 31.5 Å². The summed E-state index contributed by atoms with van der Waals surface area (Å²) in [6.07, 6.45) is 5.53.